The third-order valence-electron chi connectivity index (χ3n) is 5.97. The summed E-state index contributed by atoms with van der Waals surface area (Å²) >= 11 is 0. The molecule has 2 N–H and O–H groups in total. The fraction of sp³-hybridized carbons (Fsp3) is 0.818. The second-order valence-corrected chi connectivity index (χ2v) is 9.31. The number of rotatable bonds is 5. The summed E-state index contributed by atoms with van der Waals surface area (Å²) in [5.74, 6) is 2.45. The fourth-order valence-corrected chi connectivity index (χ4v) is 4.25. The maximum absolute atomic E-state index is 5.87. The van der Waals surface area contributed by atoms with Crippen LogP contribution in [0.2, 0.25) is 0 Å². The molecule has 1 aliphatic carbocycles. The lowest BCUT2D eigenvalue weighted by Crippen LogP contribution is -2.50. The van der Waals surface area contributed by atoms with Gasteiger partial charge in [0.1, 0.15) is 12.3 Å². The van der Waals surface area contributed by atoms with Crippen molar-refractivity contribution in [3.63, 3.8) is 0 Å². The summed E-state index contributed by atoms with van der Waals surface area (Å²) in [6, 6.07) is 1.32. The van der Waals surface area contributed by atoms with Crippen molar-refractivity contribution in [3.05, 3.63) is 17.8 Å². The van der Waals surface area contributed by atoms with E-state index in [1.54, 1.807) is 0 Å². The topological polar surface area (TPSA) is 65.7 Å². The minimum absolute atomic E-state index is 0. The van der Waals surface area contributed by atoms with Crippen molar-refractivity contribution < 1.29 is 4.42 Å². The molecule has 0 spiro atoms. The number of guanidine groups is 1. The summed E-state index contributed by atoms with van der Waals surface area (Å²) in [5.41, 5.74) is -0.0238. The van der Waals surface area contributed by atoms with Gasteiger partial charge >= 0.3 is 0 Å². The van der Waals surface area contributed by atoms with Crippen molar-refractivity contribution >= 4 is 29.9 Å². The molecule has 1 saturated heterocycles. The number of piperidine rings is 1. The quantitative estimate of drug-likeness (QED) is 0.344. The van der Waals surface area contributed by atoms with E-state index in [0.29, 0.717) is 18.5 Å². The van der Waals surface area contributed by atoms with Gasteiger partial charge in [0.2, 0.25) is 5.89 Å². The zero-order chi connectivity index (χ0) is 20.0. The molecule has 0 amide bonds. The third-order valence-corrected chi connectivity index (χ3v) is 5.97. The molecule has 0 aromatic carbocycles. The van der Waals surface area contributed by atoms with Gasteiger partial charge in [-0.1, -0.05) is 40.0 Å². The van der Waals surface area contributed by atoms with Crippen LogP contribution in [0.4, 0.5) is 0 Å². The van der Waals surface area contributed by atoms with Gasteiger partial charge in [-0.2, -0.15) is 0 Å². The molecule has 1 aliphatic heterocycles. The first-order chi connectivity index (χ1) is 13.5. The molecule has 29 heavy (non-hydrogen) atoms. The molecule has 0 unspecified atom stereocenters. The Morgan fingerprint density at radius 2 is 1.86 bits per heavy atom. The average Bonchev–Trinajstić information content (AvgIpc) is 3.17. The molecule has 0 bridgehead atoms. The first-order valence-corrected chi connectivity index (χ1v) is 11.2. The van der Waals surface area contributed by atoms with Crippen LogP contribution in [0.25, 0.3) is 0 Å². The molecular formula is C22H40IN5O. The van der Waals surface area contributed by atoms with Crippen LogP contribution in [0.15, 0.2) is 15.6 Å². The van der Waals surface area contributed by atoms with Crippen LogP contribution in [-0.2, 0) is 12.0 Å². The number of nitrogens with zero attached hydrogens (tertiary/aromatic N) is 3. The van der Waals surface area contributed by atoms with E-state index in [-0.39, 0.29) is 29.4 Å². The molecule has 0 atom stereocenters. The molecule has 7 heteroatoms. The van der Waals surface area contributed by atoms with E-state index in [4.69, 9.17) is 9.41 Å². The molecule has 1 aromatic rings. The van der Waals surface area contributed by atoms with Crippen LogP contribution >= 0.6 is 24.0 Å². The van der Waals surface area contributed by atoms with E-state index in [1.807, 2.05) is 6.20 Å². The first-order valence-electron chi connectivity index (χ1n) is 11.2. The lowest BCUT2D eigenvalue weighted by Gasteiger charge is -2.39. The standard InChI is InChI=1S/C22H39N5O.HI/c1-5-23-21(25-16-20-24-15-19(28-20)22(2,3)4)26-17-11-13-27(14-12-17)18-9-7-6-8-10-18;/h15,17-18H,5-14,16H2,1-4H3,(H2,23,25,26);1H. The van der Waals surface area contributed by atoms with Gasteiger partial charge < -0.3 is 20.0 Å². The molecule has 2 heterocycles. The lowest BCUT2D eigenvalue weighted by molar-refractivity contribution is 0.119. The molecule has 2 fully saturated rings. The second-order valence-electron chi connectivity index (χ2n) is 9.31. The largest absolute Gasteiger partial charge is 0.443 e. The van der Waals surface area contributed by atoms with Crippen molar-refractivity contribution in [1.82, 2.24) is 20.5 Å². The Morgan fingerprint density at radius 1 is 1.17 bits per heavy atom. The number of oxazole rings is 1. The SMILES string of the molecule is CCNC(=NCc1ncc(C(C)(C)C)o1)NC1CCN(C2CCCCC2)CC1.I. The van der Waals surface area contributed by atoms with E-state index in [2.05, 4.69) is 48.2 Å². The van der Waals surface area contributed by atoms with Crippen molar-refractivity contribution in [3.8, 4) is 0 Å². The number of likely N-dealkylation sites (tertiary alicyclic amines) is 1. The minimum atomic E-state index is -0.0238. The fourth-order valence-electron chi connectivity index (χ4n) is 4.25. The zero-order valence-electron chi connectivity index (χ0n) is 18.7. The van der Waals surface area contributed by atoms with Gasteiger partial charge in [0.25, 0.3) is 0 Å². The van der Waals surface area contributed by atoms with Crippen LogP contribution in [0.5, 0.6) is 0 Å². The van der Waals surface area contributed by atoms with Crippen LogP contribution in [-0.4, -0.2) is 47.6 Å². The van der Waals surface area contributed by atoms with Crippen LogP contribution in [0.1, 0.15) is 84.3 Å². The molecule has 2 aliphatic rings. The highest BCUT2D eigenvalue weighted by Crippen LogP contribution is 2.25. The van der Waals surface area contributed by atoms with Gasteiger partial charge in [-0.15, -0.1) is 24.0 Å². The Bertz CT molecular complexity index is 625. The molecule has 166 valence electrons. The van der Waals surface area contributed by atoms with Crippen LogP contribution in [0, 0.1) is 0 Å². The Labute approximate surface area is 193 Å². The van der Waals surface area contributed by atoms with Crippen LogP contribution < -0.4 is 10.6 Å². The predicted molar refractivity (Wildman–Crippen MR) is 130 cm³/mol. The van der Waals surface area contributed by atoms with Gasteiger partial charge in [0.05, 0.1) is 6.20 Å². The van der Waals surface area contributed by atoms with Crippen molar-refractivity contribution in [2.45, 2.75) is 96.7 Å². The first kappa shape index (κ1) is 24.4. The van der Waals surface area contributed by atoms with Gasteiger partial charge in [-0.05, 0) is 32.6 Å². The molecular weight excluding hydrogens is 477 g/mol. The highest BCUT2D eigenvalue weighted by atomic mass is 127. The Morgan fingerprint density at radius 3 is 2.45 bits per heavy atom. The summed E-state index contributed by atoms with van der Waals surface area (Å²) in [6.45, 7) is 12.2. The summed E-state index contributed by atoms with van der Waals surface area (Å²) in [5, 5.41) is 7.00. The Balaban J connectivity index is 0.00000300. The van der Waals surface area contributed by atoms with Crippen molar-refractivity contribution in [2.24, 2.45) is 4.99 Å². The van der Waals surface area contributed by atoms with E-state index in [1.165, 1.54) is 58.0 Å². The molecule has 0 radical (unpaired) electrons. The Hall–Kier alpha value is -0.830. The van der Waals surface area contributed by atoms with Crippen molar-refractivity contribution in [2.75, 3.05) is 19.6 Å². The van der Waals surface area contributed by atoms with E-state index >= 15 is 0 Å². The number of aromatic nitrogens is 1. The minimum Gasteiger partial charge on any atom is -0.443 e. The molecule has 1 saturated carbocycles. The van der Waals surface area contributed by atoms with Crippen LogP contribution in [0.3, 0.4) is 0 Å². The predicted octanol–water partition coefficient (Wildman–Crippen LogP) is 4.44. The average molecular weight is 518 g/mol. The summed E-state index contributed by atoms with van der Waals surface area (Å²) in [4.78, 5) is 11.8. The lowest BCUT2D eigenvalue weighted by atomic mass is 9.92. The highest BCUT2D eigenvalue weighted by Gasteiger charge is 2.26. The van der Waals surface area contributed by atoms with Gasteiger partial charge in [-0.3, -0.25) is 0 Å². The maximum atomic E-state index is 5.87. The number of hydrogen-bond acceptors (Lipinski definition) is 4. The maximum Gasteiger partial charge on any atom is 0.216 e. The summed E-state index contributed by atoms with van der Waals surface area (Å²) in [6.07, 6.45) is 11.3. The summed E-state index contributed by atoms with van der Waals surface area (Å²) < 4.78 is 5.87. The molecule has 3 rings (SSSR count). The summed E-state index contributed by atoms with van der Waals surface area (Å²) in [7, 11) is 0. The zero-order valence-corrected chi connectivity index (χ0v) is 21.0. The third kappa shape index (κ3) is 7.42. The molecule has 6 nitrogen and oxygen atoms in total. The monoisotopic (exact) mass is 517 g/mol. The molecule has 1 aromatic heterocycles. The normalized spacial score (nSPS) is 20.3. The van der Waals surface area contributed by atoms with Gasteiger partial charge in [0.15, 0.2) is 5.96 Å². The smallest absolute Gasteiger partial charge is 0.216 e. The number of aliphatic imine (C=N–C) groups is 1. The second kappa shape index (κ2) is 11.5. The van der Waals surface area contributed by atoms with E-state index in [0.717, 1.165) is 24.3 Å². The van der Waals surface area contributed by atoms with Crippen molar-refractivity contribution in [1.29, 1.82) is 0 Å². The number of nitrogens with one attached hydrogen (secondary N) is 2. The van der Waals surface area contributed by atoms with Gasteiger partial charge in [-0.25, -0.2) is 9.98 Å². The Kier molecular flexibility index (Phi) is 9.72. The van der Waals surface area contributed by atoms with E-state index in [9.17, 15) is 0 Å². The van der Waals surface area contributed by atoms with E-state index < -0.39 is 0 Å². The highest BCUT2D eigenvalue weighted by molar-refractivity contribution is 14.0. The van der Waals surface area contributed by atoms with Gasteiger partial charge in [0, 0.05) is 37.1 Å². The number of halogens is 1. The number of hydrogen-bond donors (Lipinski definition) is 2.